The van der Waals surface area contributed by atoms with Crippen molar-refractivity contribution in [3.8, 4) is 11.5 Å². The molecule has 0 saturated carbocycles. The van der Waals surface area contributed by atoms with Gasteiger partial charge in [-0.2, -0.15) is 12.6 Å². The van der Waals surface area contributed by atoms with Crippen LogP contribution in [0.1, 0.15) is 167 Å². The van der Waals surface area contributed by atoms with Crippen molar-refractivity contribution in [2.24, 2.45) is 35.0 Å². The number of hydrogen-bond donors (Lipinski definition) is 27. The lowest BCUT2D eigenvalue weighted by Crippen LogP contribution is -2.62. The van der Waals surface area contributed by atoms with E-state index < -0.39 is 309 Å². The third-order valence-corrected chi connectivity index (χ3v) is 23.6. The second-order valence-electron chi connectivity index (χ2n) is 35.6. The van der Waals surface area contributed by atoms with E-state index in [2.05, 4.69) is 108 Å². The predicted molar refractivity (Wildman–Crippen MR) is 525 cm³/mol. The van der Waals surface area contributed by atoms with Gasteiger partial charge >= 0.3 is 23.9 Å². The third kappa shape index (κ3) is 43.3. The van der Waals surface area contributed by atoms with Crippen molar-refractivity contribution in [2.75, 3.05) is 18.8 Å². The first kappa shape index (κ1) is 120. The van der Waals surface area contributed by atoms with Gasteiger partial charge in [-0.3, -0.25) is 95.9 Å². The summed E-state index contributed by atoms with van der Waals surface area (Å²) in [5.41, 5.74) is 18.8. The van der Waals surface area contributed by atoms with Crippen molar-refractivity contribution in [1.82, 2.24) is 95.0 Å². The van der Waals surface area contributed by atoms with Crippen LogP contribution >= 0.6 is 12.6 Å². The van der Waals surface area contributed by atoms with Crippen LogP contribution in [0.15, 0.2) is 122 Å². The molecule has 0 aliphatic heterocycles. The molecule has 4 aromatic carbocycles. The molecule has 0 bridgehead atoms. The number of aromatic nitrogens is 2. The summed E-state index contributed by atoms with van der Waals surface area (Å²) >= 11 is 4.35. The van der Waals surface area contributed by atoms with Gasteiger partial charge in [-0.05, 0) is 130 Å². The Kier molecular flexibility index (Phi) is 51.1. The molecular weight excluding hydrogens is 1910 g/mol. The number of hydrogen-bond acceptors (Lipinski definition) is 27. The van der Waals surface area contributed by atoms with E-state index in [-0.39, 0.29) is 85.7 Å². The molecule has 792 valence electrons. The van der Waals surface area contributed by atoms with Gasteiger partial charge in [0.15, 0.2) is 0 Å². The summed E-state index contributed by atoms with van der Waals surface area (Å²) < 4.78 is 0. The number of aromatic amines is 1. The van der Waals surface area contributed by atoms with Gasteiger partial charge in [0.05, 0.1) is 25.3 Å². The lowest BCUT2D eigenvalue weighted by molar-refractivity contribution is -0.143. The van der Waals surface area contributed by atoms with Gasteiger partial charge < -0.3 is 138 Å². The van der Waals surface area contributed by atoms with Crippen LogP contribution in [-0.2, 0) is 133 Å². The number of rotatable bonds is 65. The fraction of sp³-hybridized carbons (Fsp3) is 0.500. The maximum atomic E-state index is 15.2. The number of carboxylic acids is 4. The Morgan fingerprint density at radius 2 is 0.731 bits per heavy atom. The number of nitrogens with zero attached hydrogens (tertiary/aromatic N) is 1. The van der Waals surface area contributed by atoms with Crippen molar-refractivity contribution in [2.45, 2.75) is 268 Å². The quantitative estimate of drug-likeness (QED) is 0.0135. The Balaban J connectivity index is 1.41. The molecule has 0 radical (unpaired) electrons. The number of benzene rings is 4. The third-order valence-electron chi connectivity index (χ3n) is 23.3. The van der Waals surface area contributed by atoms with E-state index in [0.29, 0.717) is 17.5 Å². The first-order chi connectivity index (χ1) is 68.6. The molecule has 0 aliphatic rings. The Bertz CT molecular complexity index is 5220. The molecule has 49 heteroatoms. The van der Waals surface area contributed by atoms with Gasteiger partial charge in [-0.25, -0.2) is 9.78 Å². The summed E-state index contributed by atoms with van der Waals surface area (Å²) in [5, 5.41) is 99.7. The maximum absolute atomic E-state index is 15.2. The molecule has 0 unspecified atom stereocenters. The fourth-order valence-corrected chi connectivity index (χ4v) is 14.9. The Morgan fingerprint density at radius 3 is 1.14 bits per heavy atom. The van der Waals surface area contributed by atoms with E-state index in [4.69, 9.17) is 17.2 Å². The normalized spacial score (nSPS) is 14.8. The van der Waals surface area contributed by atoms with Gasteiger partial charge in [0, 0.05) is 69.0 Å². The van der Waals surface area contributed by atoms with E-state index in [1.807, 2.05) is 0 Å². The molecule has 0 aliphatic carbocycles. The van der Waals surface area contributed by atoms with Crippen LogP contribution in [0.2, 0.25) is 0 Å². The molecule has 0 fully saturated rings. The molecule has 29 N–H and O–H groups in total. The number of thiol groups is 1. The first-order valence-electron chi connectivity index (χ1n) is 47.3. The number of carbonyl (C=O) groups excluding carboxylic acids is 17. The number of amides is 17. The average molecular weight is 2050 g/mol. The number of aromatic hydroxyl groups is 2. The van der Waals surface area contributed by atoms with Crippen LogP contribution in [0.4, 0.5) is 0 Å². The number of primary amides is 1. The lowest BCUT2D eigenvalue weighted by atomic mass is 9.96. The van der Waals surface area contributed by atoms with Crippen LogP contribution in [0.3, 0.4) is 0 Å². The minimum atomic E-state index is -1.91. The van der Waals surface area contributed by atoms with E-state index >= 15 is 19.2 Å². The summed E-state index contributed by atoms with van der Waals surface area (Å²) in [6, 6.07) is 1.05. The summed E-state index contributed by atoms with van der Waals surface area (Å²) in [6.45, 7) is 11.7. The predicted octanol–water partition coefficient (Wildman–Crippen LogP) is -3.16. The van der Waals surface area contributed by atoms with Crippen molar-refractivity contribution < 1.29 is 131 Å². The molecule has 0 saturated heterocycles. The number of nitrogens with two attached hydrogens (primary N) is 3. The highest BCUT2D eigenvalue weighted by molar-refractivity contribution is 7.80. The number of unbranched alkanes of at least 4 members (excludes halogenated alkanes) is 1. The zero-order valence-corrected chi connectivity index (χ0v) is 82.6. The summed E-state index contributed by atoms with van der Waals surface area (Å²) in [7, 11) is 0. The van der Waals surface area contributed by atoms with E-state index in [1.165, 1.54) is 81.8 Å². The highest BCUT2D eigenvalue weighted by Crippen LogP contribution is 2.20. The largest absolute Gasteiger partial charge is 0.508 e. The van der Waals surface area contributed by atoms with Crippen molar-refractivity contribution in [3.63, 3.8) is 0 Å². The van der Waals surface area contributed by atoms with E-state index in [1.54, 1.807) is 95.3 Å². The number of imidazole rings is 1. The number of aliphatic carboxylic acids is 4. The van der Waals surface area contributed by atoms with Gasteiger partial charge in [-0.15, -0.1) is 0 Å². The second-order valence-corrected chi connectivity index (χ2v) is 35.9. The molecule has 1 aromatic heterocycles. The van der Waals surface area contributed by atoms with E-state index in [0.717, 1.165) is 0 Å². The number of phenols is 2. The molecule has 0 spiro atoms. The standard InChI is InChI=1S/C96H135N21O27S/c1-9-51(5)79(117-87(134)63(32-35-74(99)120)106-91(138)70(44-59-46-100-49-102-59)113-93(140)73(48-145)115-95(142)80(52(6)10-2)116-86(133)62(23-17-18-38-97)105-82(129)54(8)103-84(131)64(33-36-76(122)123)107-88(135)66(39-50(3)4)109-81(128)53(7)98)94(141)108-65(34-37-77(124)125)85(132)111-68(41-57-24-28-60(118)29-25-57)90(137)112-69(42-58-26-30-61(119)31-27-58)89(136)110-67(40-55-19-13-11-14-20-55)83(130)101-47-75(121)104-71(45-78(126)127)92(139)114-72(96(143)144)43-56-21-15-12-16-22-56/h11-16,19-22,24-31,46,49-54,62-73,79-80,118-119,145H,9-10,17-18,23,32-45,47-48,97-98H2,1-8H3,(H2,99,120)(H,100,102)(H,101,130)(H,103,131)(H,104,121)(H,105,129)(H,106,138)(H,107,135)(H,108,141)(H,109,128)(H,110,136)(H,111,132)(H,112,137)(H,113,140)(H,114,139)(H,115,142)(H,116,133)(H,117,134)(H,122,123)(H,124,125)(H,126,127)(H,143,144)/t51-,52-,53-,54-,62-,63-,64-,65-,66-,67-,68-,69-,70-,71-,72-,73-,79-,80-/m0/s1. The topological polar surface area (TPSA) is 779 Å². The van der Waals surface area contributed by atoms with Crippen LogP contribution in [0.25, 0.3) is 0 Å². The first-order valence-corrected chi connectivity index (χ1v) is 47.9. The van der Waals surface area contributed by atoms with Gasteiger partial charge in [0.25, 0.3) is 0 Å². The van der Waals surface area contributed by atoms with Crippen LogP contribution in [-0.4, -0.2) is 280 Å². The lowest BCUT2D eigenvalue weighted by Gasteiger charge is -2.30. The fourth-order valence-electron chi connectivity index (χ4n) is 14.6. The molecule has 17 amide bonds. The molecule has 48 nitrogen and oxygen atoms in total. The van der Waals surface area contributed by atoms with E-state index in [9.17, 15) is 112 Å². The number of carboxylic acid groups (broad SMARTS) is 4. The highest BCUT2D eigenvalue weighted by Gasteiger charge is 2.41. The highest BCUT2D eigenvalue weighted by atomic mass is 32.1. The van der Waals surface area contributed by atoms with Crippen molar-refractivity contribution in [3.05, 3.63) is 150 Å². The van der Waals surface area contributed by atoms with Crippen LogP contribution in [0.5, 0.6) is 11.5 Å². The Hall–Kier alpha value is -15.2. The van der Waals surface area contributed by atoms with Crippen molar-refractivity contribution in [1.29, 1.82) is 0 Å². The van der Waals surface area contributed by atoms with Gasteiger partial charge in [-0.1, -0.05) is 139 Å². The zero-order valence-electron chi connectivity index (χ0n) is 81.7. The maximum Gasteiger partial charge on any atom is 0.326 e. The summed E-state index contributed by atoms with van der Waals surface area (Å²) in [5.74, 6) is -26.3. The van der Waals surface area contributed by atoms with Crippen molar-refractivity contribution >= 4 is 137 Å². The summed E-state index contributed by atoms with van der Waals surface area (Å²) in [4.78, 5) is 297. The second kappa shape index (κ2) is 61.6. The summed E-state index contributed by atoms with van der Waals surface area (Å²) in [6.07, 6.45) is -3.30. The minimum Gasteiger partial charge on any atom is -0.508 e. The minimum absolute atomic E-state index is 0.0774. The smallest absolute Gasteiger partial charge is 0.326 e. The molecular formula is C96H135N21O27S. The zero-order chi connectivity index (χ0) is 108. The Labute approximate surface area is 841 Å². The molecule has 145 heavy (non-hydrogen) atoms. The number of nitrogens with one attached hydrogen (secondary N) is 17. The molecule has 18 atom stereocenters. The van der Waals surface area contributed by atoms with Gasteiger partial charge in [0.2, 0.25) is 100 Å². The van der Waals surface area contributed by atoms with Crippen LogP contribution in [0, 0.1) is 17.8 Å². The molecule has 1 heterocycles. The van der Waals surface area contributed by atoms with Crippen LogP contribution < -0.4 is 102 Å². The monoisotopic (exact) mass is 2050 g/mol. The number of phenolic OH excluding ortho intramolecular Hbond substituents is 2. The molecule has 5 rings (SSSR count). The number of H-pyrrole nitrogens is 1. The van der Waals surface area contributed by atoms with Gasteiger partial charge in [0.1, 0.15) is 102 Å². The Morgan fingerprint density at radius 1 is 0.372 bits per heavy atom. The average Bonchev–Trinajstić information content (AvgIpc) is 1.77. The SMILES string of the molecule is CC[C@H](C)[C@H](NC(=O)[C@H](CCCCN)NC(=O)[C@H](C)NC(=O)[C@H](CCC(=O)O)NC(=O)[C@H](CC(C)C)NC(=O)[C@H](C)N)C(=O)N[C@@H](CS)C(=O)N[C@@H](Cc1cnc[nH]1)C(=O)N[C@@H](CCC(N)=O)C(=O)N[C@H](C(=O)N[C@@H](CCC(=O)O)C(=O)N[C@@H](Cc1ccc(O)cc1)C(=O)N[C@@H](Cc1ccc(O)cc1)C(=O)N[C@@H](Cc1ccccc1)C(=O)NCC(=O)N[C@@H](CC(=O)O)C(=O)N[C@@H](Cc1ccccc1)C(=O)O)[C@@H](C)CC. The number of carbonyl (C=O) groups is 21. The molecule has 5 aromatic rings.